The van der Waals surface area contributed by atoms with Crippen LogP contribution in [0.1, 0.15) is 27.2 Å². The first-order valence-electron chi connectivity index (χ1n) is 6.24. The van der Waals surface area contributed by atoms with E-state index in [1.807, 2.05) is 20.8 Å². The van der Waals surface area contributed by atoms with E-state index in [9.17, 15) is 9.59 Å². The van der Waals surface area contributed by atoms with E-state index in [1.54, 1.807) is 13.2 Å². The highest BCUT2D eigenvalue weighted by molar-refractivity contribution is 9.10. The zero-order chi connectivity index (χ0) is 15.3. The number of amides is 2. The fraction of sp³-hybridized carbons (Fsp3) is 0.538. The first-order chi connectivity index (χ1) is 9.23. The van der Waals surface area contributed by atoms with Gasteiger partial charge in [0, 0.05) is 23.8 Å². The van der Waals surface area contributed by atoms with E-state index in [-0.39, 0.29) is 22.9 Å². The summed E-state index contributed by atoms with van der Waals surface area (Å²) in [5.74, 6) is 0. The second-order valence-electron chi connectivity index (χ2n) is 5.23. The molecule has 2 amide bonds. The quantitative estimate of drug-likeness (QED) is 0.766. The molecule has 0 fully saturated rings. The van der Waals surface area contributed by atoms with Gasteiger partial charge in [-0.05, 0) is 49.2 Å². The number of rotatable bonds is 5. The van der Waals surface area contributed by atoms with Crippen molar-refractivity contribution in [2.45, 2.75) is 38.8 Å². The summed E-state index contributed by atoms with van der Waals surface area (Å²) in [6.07, 6.45) is 2.17. The molecular formula is C13H20BrN3O3. The number of halogens is 1. The van der Waals surface area contributed by atoms with Gasteiger partial charge in [-0.25, -0.2) is 4.79 Å². The van der Waals surface area contributed by atoms with E-state index in [4.69, 9.17) is 4.74 Å². The van der Waals surface area contributed by atoms with Crippen LogP contribution in [-0.4, -0.2) is 29.8 Å². The molecule has 1 heterocycles. The Labute approximate surface area is 126 Å². The summed E-state index contributed by atoms with van der Waals surface area (Å²) in [5, 5.41) is 5.29. The molecule has 0 aromatic carbocycles. The highest BCUT2D eigenvalue weighted by atomic mass is 79.9. The smallest absolute Gasteiger partial charge is 0.319 e. The Morgan fingerprint density at radius 1 is 1.55 bits per heavy atom. The molecule has 0 aliphatic carbocycles. The number of carbonyl (C=O) groups is 1. The standard InChI is InChI=1S/C13H20BrN3O3/c1-8(6-13(2,3)20-4)16-12(19)17-10-5-9(14)7-15-11(10)18/h5,7-8H,6H2,1-4H3,(H,15,18)(H2,16,17,19)/t8-/m0/s1. The fourth-order valence-corrected chi connectivity index (χ4v) is 2.15. The van der Waals surface area contributed by atoms with Gasteiger partial charge < -0.3 is 20.4 Å². The van der Waals surface area contributed by atoms with Crippen LogP contribution in [0.4, 0.5) is 10.5 Å². The van der Waals surface area contributed by atoms with Crippen LogP contribution in [0.3, 0.4) is 0 Å². The summed E-state index contributed by atoms with van der Waals surface area (Å²) in [6, 6.07) is 1.03. The van der Waals surface area contributed by atoms with Crippen LogP contribution in [0, 0.1) is 0 Å². The molecule has 1 aromatic rings. The highest BCUT2D eigenvalue weighted by Crippen LogP contribution is 2.15. The van der Waals surface area contributed by atoms with E-state index < -0.39 is 6.03 Å². The van der Waals surface area contributed by atoms with E-state index in [2.05, 4.69) is 31.5 Å². The minimum Gasteiger partial charge on any atom is -0.379 e. The first kappa shape index (κ1) is 16.7. The lowest BCUT2D eigenvalue weighted by Crippen LogP contribution is -2.41. The second-order valence-corrected chi connectivity index (χ2v) is 6.14. The number of hydrogen-bond acceptors (Lipinski definition) is 3. The lowest BCUT2D eigenvalue weighted by atomic mass is 10.00. The Balaban J connectivity index is 2.60. The molecule has 3 N–H and O–H groups in total. The number of H-pyrrole nitrogens is 1. The SMILES string of the molecule is COC(C)(C)C[C@H](C)NC(=O)Nc1cc(Br)c[nH]c1=O. The van der Waals surface area contributed by atoms with Crippen molar-refractivity contribution in [3.63, 3.8) is 0 Å². The molecule has 1 atom stereocenters. The first-order valence-corrected chi connectivity index (χ1v) is 7.04. The molecule has 6 nitrogen and oxygen atoms in total. The molecule has 20 heavy (non-hydrogen) atoms. The molecule has 0 bridgehead atoms. The van der Waals surface area contributed by atoms with E-state index >= 15 is 0 Å². The molecule has 0 radical (unpaired) electrons. The predicted octanol–water partition coefficient (Wildman–Crippen LogP) is 2.46. The van der Waals surface area contributed by atoms with E-state index in [1.165, 1.54) is 6.20 Å². The van der Waals surface area contributed by atoms with Gasteiger partial charge in [-0.15, -0.1) is 0 Å². The van der Waals surface area contributed by atoms with Crippen LogP contribution in [0.2, 0.25) is 0 Å². The normalized spacial score (nSPS) is 12.8. The van der Waals surface area contributed by atoms with Crippen molar-refractivity contribution in [2.24, 2.45) is 0 Å². The van der Waals surface area contributed by atoms with Crippen LogP contribution >= 0.6 is 15.9 Å². The largest absolute Gasteiger partial charge is 0.379 e. The van der Waals surface area contributed by atoms with Crippen molar-refractivity contribution >= 4 is 27.6 Å². The second kappa shape index (κ2) is 6.90. The topological polar surface area (TPSA) is 83.2 Å². The molecule has 0 unspecified atom stereocenters. The molecule has 0 aliphatic heterocycles. The number of pyridine rings is 1. The Kier molecular flexibility index (Phi) is 5.76. The van der Waals surface area contributed by atoms with Gasteiger partial charge in [0.05, 0.1) is 5.60 Å². The van der Waals surface area contributed by atoms with Crippen LogP contribution in [-0.2, 0) is 4.74 Å². The summed E-state index contributed by atoms with van der Waals surface area (Å²) in [4.78, 5) is 25.9. The van der Waals surface area contributed by atoms with Crippen molar-refractivity contribution in [1.29, 1.82) is 0 Å². The number of hydrogen-bond donors (Lipinski definition) is 3. The van der Waals surface area contributed by atoms with Crippen molar-refractivity contribution < 1.29 is 9.53 Å². The Hall–Kier alpha value is -1.34. The number of urea groups is 1. The molecular weight excluding hydrogens is 326 g/mol. The molecule has 0 spiro atoms. The van der Waals surface area contributed by atoms with Gasteiger partial charge in [-0.2, -0.15) is 0 Å². The molecule has 1 aromatic heterocycles. The summed E-state index contributed by atoms with van der Waals surface area (Å²) < 4.78 is 5.99. The number of aromatic nitrogens is 1. The van der Waals surface area contributed by atoms with Crippen molar-refractivity contribution in [2.75, 3.05) is 12.4 Å². The lowest BCUT2D eigenvalue weighted by Gasteiger charge is -2.27. The summed E-state index contributed by atoms with van der Waals surface area (Å²) >= 11 is 3.23. The predicted molar refractivity (Wildman–Crippen MR) is 82.1 cm³/mol. The average Bonchev–Trinajstić information content (AvgIpc) is 2.33. The average molecular weight is 346 g/mol. The number of nitrogens with one attached hydrogen (secondary N) is 3. The fourth-order valence-electron chi connectivity index (χ4n) is 1.80. The Bertz CT molecular complexity index is 528. The number of methoxy groups -OCH3 is 1. The third-order valence-corrected chi connectivity index (χ3v) is 3.30. The highest BCUT2D eigenvalue weighted by Gasteiger charge is 2.21. The molecule has 112 valence electrons. The van der Waals surface area contributed by atoms with E-state index in [0.29, 0.717) is 10.9 Å². The molecule has 0 aliphatic rings. The van der Waals surface area contributed by atoms with Gasteiger partial charge in [0.15, 0.2) is 0 Å². The molecule has 0 saturated heterocycles. The number of carbonyl (C=O) groups excluding carboxylic acids is 1. The van der Waals surface area contributed by atoms with Gasteiger partial charge in [0.1, 0.15) is 5.69 Å². The van der Waals surface area contributed by atoms with Crippen LogP contribution in [0.5, 0.6) is 0 Å². The minimum absolute atomic E-state index is 0.0869. The summed E-state index contributed by atoms with van der Waals surface area (Å²) in [7, 11) is 1.63. The number of anilines is 1. The maximum atomic E-state index is 11.8. The van der Waals surface area contributed by atoms with Crippen LogP contribution < -0.4 is 16.2 Å². The Morgan fingerprint density at radius 2 is 2.20 bits per heavy atom. The lowest BCUT2D eigenvalue weighted by molar-refractivity contribution is 0.00963. The van der Waals surface area contributed by atoms with Gasteiger partial charge in [0.2, 0.25) is 0 Å². The van der Waals surface area contributed by atoms with Gasteiger partial charge in [0.25, 0.3) is 5.56 Å². The molecule has 7 heteroatoms. The third-order valence-electron chi connectivity index (χ3n) is 2.84. The third kappa shape index (κ3) is 5.34. The van der Waals surface area contributed by atoms with Crippen LogP contribution in [0.15, 0.2) is 21.5 Å². The van der Waals surface area contributed by atoms with Crippen LogP contribution in [0.25, 0.3) is 0 Å². The van der Waals surface area contributed by atoms with Gasteiger partial charge in [-0.3, -0.25) is 4.79 Å². The molecule has 0 saturated carbocycles. The van der Waals surface area contributed by atoms with E-state index in [0.717, 1.165) is 0 Å². The Morgan fingerprint density at radius 3 is 2.80 bits per heavy atom. The summed E-state index contributed by atoms with van der Waals surface area (Å²) in [6.45, 7) is 5.77. The zero-order valence-corrected chi connectivity index (χ0v) is 13.6. The molecule has 1 rings (SSSR count). The van der Waals surface area contributed by atoms with Crippen molar-refractivity contribution in [1.82, 2.24) is 10.3 Å². The number of ether oxygens (including phenoxy) is 1. The van der Waals surface area contributed by atoms with Gasteiger partial charge >= 0.3 is 6.03 Å². The maximum absolute atomic E-state index is 11.8. The van der Waals surface area contributed by atoms with Gasteiger partial charge in [-0.1, -0.05) is 0 Å². The maximum Gasteiger partial charge on any atom is 0.319 e. The monoisotopic (exact) mass is 345 g/mol. The minimum atomic E-state index is -0.423. The zero-order valence-electron chi connectivity index (χ0n) is 12.0. The van der Waals surface area contributed by atoms with Crippen molar-refractivity contribution in [3.8, 4) is 0 Å². The summed E-state index contributed by atoms with van der Waals surface area (Å²) in [5.41, 5.74) is -0.483. The number of aromatic amines is 1. The van der Waals surface area contributed by atoms with Crippen molar-refractivity contribution in [3.05, 3.63) is 27.1 Å².